The molecule has 0 saturated heterocycles. The number of hydrogen-bond donors (Lipinski definition) is 0. The molecule has 4 nitrogen and oxygen atoms in total. The van der Waals surface area contributed by atoms with Gasteiger partial charge in [0.05, 0.1) is 0 Å². The normalized spacial score (nSPS) is 13.8. The van der Waals surface area contributed by atoms with Crippen molar-refractivity contribution >= 4 is 12.4 Å². The first kappa shape index (κ1) is 8.94. The molecule has 0 N–H and O–H groups in total. The van der Waals surface area contributed by atoms with Gasteiger partial charge >= 0.3 is 0 Å². The van der Waals surface area contributed by atoms with Gasteiger partial charge in [-0.1, -0.05) is 0 Å². The first-order chi connectivity index (χ1) is 4.70. The van der Waals surface area contributed by atoms with E-state index in [-0.39, 0.29) is 0 Å². The summed E-state index contributed by atoms with van der Waals surface area (Å²) in [6, 6.07) is 0. The molecule has 0 aliphatic rings. The van der Waals surface area contributed by atoms with E-state index in [0.29, 0.717) is 22.6 Å². The SMILES string of the molecule is CC/[N+]([O-])=C/C=[N+](\[O-])CC. The number of hydroxylamine groups is 2. The van der Waals surface area contributed by atoms with Gasteiger partial charge in [-0.05, 0) is 13.8 Å². The van der Waals surface area contributed by atoms with Gasteiger partial charge in [0.25, 0.3) is 0 Å². The highest BCUT2D eigenvalue weighted by Gasteiger charge is 1.86. The average Bonchev–Trinajstić information content (AvgIpc) is 1.99. The van der Waals surface area contributed by atoms with Crippen molar-refractivity contribution in [3.05, 3.63) is 10.4 Å². The third kappa shape index (κ3) is 3.88. The molecule has 0 amide bonds. The second-order valence-electron chi connectivity index (χ2n) is 1.76. The van der Waals surface area contributed by atoms with Gasteiger partial charge in [0, 0.05) is 0 Å². The molecule has 0 unspecified atom stereocenters. The maximum absolute atomic E-state index is 10.5. The Labute approximate surface area is 60.3 Å². The van der Waals surface area contributed by atoms with Crippen molar-refractivity contribution in [1.82, 2.24) is 0 Å². The van der Waals surface area contributed by atoms with Crippen LogP contribution < -0.4 is 0 Å². The highest BCUT2D eigenvalue weighted by atomic mass is 16.5. The minimum atomic E-state index is 0.369. The molecule has 0 aromatic heterocycles. The van der Waals surface area contributed by atoms with Crippen LogP contribution >= 0.6 is 0 Å². The largest absolute Gasteiger partial charge is 0.624 e. The van der Waals surface area contributed by atoms with E-state index in [4.69, 9.17) is 0 Å². The van der Waals surface area contributed by atoms with Gasteiger partial charge in [-0.15, -0.1) is 0 Å². The standard InChI is InChI=1S/C6H12N2O2/c1-3-7(9)5-6-8(10)4-2/h5-6H,3-4H2,1-2H3/b7-5-,8-6-. The Balaban J connectivity index is 3.91. The fourth-order valence-corrected chi connectivity index (χ4v) is 0.360. The van der Waals surface area contributed by atoms with Crippen molar-refractivity contribution in [2.75, 3.05) is 13.1 Å². The third-order valence-corrected chi connectivity index (χ3v) is 1.02. The van der Waals surface area contributed by atoms with Crippen LogP contribution in [0.25, 0.3) is 0 Å². The molecule has 0 spiro atoms. The molecule has 0 aromatic carbocycles. The molecule has 0 fully saturated rings. The average molecular weight is 144 g/mol. The maximum Gasteiger partial charge on any atom is 0.239 e. The summed E-state index contributed by atoms with van der Waals surface area (Å²) in [5, 5.41) is 21.0. The highest BCUT2D eigenvalue weighted by Crippen LogP contribution is 1.66. The monoisotopic (exact) mass is 144 g/mol. The van der Waals surface area contributed by atoms with Crippen LogP contribution in [0.15, 0.2) is 0 Å². The van der Waals surface area contributed by atoms with Crippen molar-refractivity contribution in [3.8, 4) is 0 Å². The van der Waals surface area contributed by atoms with Gasteiger partial charge in [0.2, 0.25) is 12.4 Å². The summed E-state index contributed by atoms with van der Waals surface area (Å²) in [5.74, 6) is 0. The Hall–Kier alpha value is -1.06. The predicted octanol–water partition coefficient (Wildman–Crippen LogP) is 0.188. The summed E-state index contributed by atoms with van der Waals surface area (Å²) < 4.78 is 1.39. The Kier molecular flexibility index (Phi) is 4.28. The van der Waals surface area contributed by atoms with Crippen LogP contribution in [0.5, 0.6) is 0 Å². The Bertz CT molecular complexity index is 134. The summed E-state index contributed by atoms with van der Waals surface area (Å²) in [4.78, 5) is 0. The molecule has 0 radical (unpaired) electrons. The second-order valence-corrected chi connectivity index (χ2v) is 1.76. The van der Waals surface area contributed by atoms with Crippen LogP contribution in [0.1, 0.15) is 13.8 Å². The minimum absolute atomic E-state index is 0.369. The third-order valence-electron chi connectivity index (χ3n) is 1.02. The molecule has 0 aliphatic heterocycles. The molecule has 0 aromatic rings. The molecule has 0 aliphatic carbocycles. The van der Waals surface area contributed by atoms with E-state index in [2.05, 4.69) is 0 Å². The van der Waals surface area contributed by atoms with E-state index in [1.165, 1.54) is 12.4 Å². The molecule has 10 heavy (non-hydrogen) atoms. The number of hydrogen-bond acceptors (Lipinski definition) is 2. The van der Waals surface area contributed by atoms with Crippen LogP contribution in [0.4, 0.5) is 0 Å². The quantitative estimate of drug-likeness (QED) is 0.246. The maximum atomic E-state index is 10.5. The van der Waals surface area contributed by atoms with Crippen molar-refractivity contribution < 1.29 is 9.48 Å². The molecule has 58 valence electrons. The lowest BCUT2D eigenvalue weighted by atomic mass is 10.7. The van der Waals surface area contributed by atoms with Crippen LogP contribution in [0.2, 0.25) is 0 Å². The van der Waals surface area contributed by atoms with E-state index >= 15 is 0 Å². The van der Waals surface area contributed by atoms with Crippen molar-refractivity contribution in [3.63, 3.8) is 0 Å². The molecule has 0 bridgehead atoms. The molecule has 0 saturated carbocycles. The van der Waals surface area contributed by atoms with Crippen molar-refractivity contribution in [2.24, 2.45) is 0 Å². The van der Waals surface area contributed by atoms with Gasteiger partial charge in [0.15, 0.2) is 13.1 Å². The summed E-state index contributed by atoms with van der Waals surface area (Å²) in [6.07, 6.45) is 2.44. The molecular weight excluding hydrogens is 132 g/mol. The van der Waals surface area contributed by atoms with E-state index in [0.717, 1.165) is 0 Å². The zero-order valence-corrected chi connectivity index (χ0v) is 6.28. The molecule has 0 heterocycles. The molecular formula is C6H12N2O2. The Morgan fingerprint density at radius 1 is 1.00 bits per heavy atom. The van der Waals surface area contributed by atoms with E-state index in [9.17, 15) is 10.4 Å². The van der Waals surface area contributed by atoms with Gasteiger partial charge in [0.1, 0.15) is 0 Å². The first-order valence-electron chi connectivity index (χ1n) is 3.26. The highest BCUT2D eigenvalue weighted by molar-refractivity contribution is 6.10. The molecule has 0 atom stereocenters. The second kappa shape index (κ2) is 4.78. The van der Waals surface area contributed by atoms with Gasteiger partial charge in [-0.2, -0.15) is 0 Å². The van der Waals surface area contributed by atoms with Crippen molar-refractivity contribution in [2.45, 2.75) is 13.8 Å². The molecule has 4 heteroatoms. The number of nitrogens with zero attached hydrogens (tertiary/aromatic N) is 2. The topological polar surface area (TPSA) is 52.1 Å². The zero-order valence-electron chi connectivity index (χ0n) is 6.28. The lowest BCUT2D eigenvalue weighted by molar-refractivity contribution is -0.460. The van der Waals surface area contributed by atoms with Crippen LogP contribution in [0, 0.1) is 10.4 Å². The van der Waals surface area contributed by atoms with Crippen LogP contribution in [-0.4, -0.2) is 35.0 Å². The van der Waals surface area contributed by atoms with Crippen molar-refractivity contribution in [1.29, 1.82) is 0 Å². The van der Waals surface area contributed by atoms with Gasteiger partial charge in [-0.25, -0.2) is 9.48 Å². The lowest BCUT2D eigenvalue weighted by Crippen LogP contribution is -2.10. The lowest BCUT2D eigenvalue weighted by Gasteiger charge is -1.97. The smallest absolute Gasteiger partial charge is 0.239 e. The number of rotatable bonds is 3. The van der Waals surface area contributed by atoms with E-state index in [1.54, 1.807) is 13.8 Å². The minimum Gasteiger partial charge on any atom is -0.624 e. The Morgan fingerprint density at radius 2 is 1.30 bits per heavy atom. The van der Waals surface area contributed by atoms with Crippen LogP contribution in [0.3, 0.4) is 0 Å². The fourth-order valence-electron chi connectivity index (χ4n) is 0.360. The van der Waals surface area contributed by atoms with Crippen LogP contribution in [-0.2, 0) is 0 Å². The van der Waals surface area contributed by atoms with E-state index < -0.39 is 0 Å². The summed E-state index contributed by atoms with van der Waals surface area (Å²) >= 11 is 0. The zero-order chi connectivity index (χ0) is 7.98. The first-order valence-corrected chi connectivity index (χ1v) is 3.26. The van der Waals surface area contributed by atoms with E-state index in [1.807, 2.05) is 0 Å². The van der Waals surface area contributed by atoms with Gasteiger partial charge < -0.3 is 10.4 Å². The molecule has 0 rings (SSSR count). The fraction of sp³-hybridized carbons (Fsp3) is 0.667. The summed E-state index contributed by atoms with van der Waals surface area (Å²) in [6.45, 7) is 4.18. The summed E-state index contributed by atoms with van der Waals surface area (Å²) in [7, 11) is 0. The predicted molar refractivity (Wildman–Crippen MR) is 40.5 cm³/mol. The Morgan fingerprint density at radius 3 is 1.50 bits per heavy atom. The van der Waals surface area contributed by atoms with Gasteiger partial charge in [-0.3, -0.25) is 0 Å². The summed E-state index contributed by atoms with van der Waals surface area (Å²) in [5.41, 5.74) is 0.